The van der Waals surface area contributed by atoms with Crippen LogP contribution < -0.4 is 5.32 Å². The fourth-order valence-electron chi connectivity index (χ4n) is 2.61. The van der Waals surface area contributed by atoms with E-state index in [0.29, 0.717) is 25.0 Å². The number of hydrogen-bond donors (Lipinski definition) is 1. The van der Waals surface area contributed by atoms with Gasteiger partial charge in [0.1, 0.15) is 29.1 Å². The lowest BCUT2D eigenvalue weighted by Gasteiger charge is -2.32. The van der Waals surface area contributed by atoms with Crippen LogP contribution in [0.25, 0.3) is 0 Å². The van der Waals surface area contributed by atoms with E-state index in [9.17, 15) is 13.6 Å². The first-order valence-electron chi connectivity index (χ1n) is 8.69. The lowest BCUT2D eigenvalue weighted by Crippen LogP contribution is -2.50. The van der Waals surface area contributed by atoms with Crippen molar-refractivity contribution >= 4 is 6.09 Å². The van der Waals surface area contributed by atoms with Gasteiger partial charge in [-0.3, -0.25) is 5.32 Å². The van der Waals surface area contributed by atoms with Crippen molar-refractivity contribution in [3.8, 4) is 0 Å². The second kappa shape index (κ2) is 7.88. The van der Waals surface area contributed by atoms with Gasteiger partial charge >= 0.3 is 6.09 Å². The van der Waals surface area contributed by atoms with E-state index in [0.717, 1.165) is 6.07 Å². The monoisotopic (exact) mass is 371 g/mol. The van der Waals surface area contributed by atoms with Crippen molar-refractivity contribution in [2.24, 2.45) is 0 Å². The van der Waals surface area contributed by atoms with Gasteiger partial charge in [-0.1, -0.05) is 0 Å². The average Bonchev–Trinajstić information content (AvgIpc) is 3.23. The molecule has 1 N–H and O–H groups in total. The van der Waals surface area contributed by atoms with Gasteiger partial charge in [0, 0.05) is 6.07 Å². The number of alkyl carbamates (subject to hydrolysis) is 1. The Bertz CT molecular complexity index is 619. The minimum atomic E-state index is -0.980. The van der Waals surface area contributed by atoms with Crippen molar-refractivity contribution in [3.05, 3.63) is 35.4 Å². The molecule has 0 spiro atoms. The number of benzene rings is 1. The molecular weight excluding hydrogens is 344 g/mol. The van der Waals surface area contributed by atoms with Gasteiger partial charge in [-0.05, 0) is 65.2 Å². The summed E-state index contributed by atoms with van der Waals surface area (Å²) in [5, 5.41) is 2.68. The second-order valence-electron chi connectivity index (χ2n) is 7.98. The zero-order chi connectivity index (χ0) is 19.5. The van der Waals surface area contributed by atoms with Crippen LogP contribution in [0.5, 0.6) is 0 Å². The van der Waals surface area contributed by atoms with Crippen molar-refractivity contribution in [3.63, 3.8) is 0 Å². The number of hydrogen-bond acceptors (Lipinski definition) is 4. The lowest BCUT2D eigenvalue weighted by atomic mass is 10.0. The average molecular weight is 371 g/mol. The molecule has 1 heterocycles. The fraction of sp³-hybridized carbons (Fsp3) is 0.632. The van der Waals surface area contributed by atoms with Crippen LogP contribution in [0.3, 0.4) is 0 Å². The summed E-state index contributed by atoms with van der Waals surface area (Å²) >= 11 is 0. The maximum absolute atomic E-state index is 13.3. The summed E-state index contributed by atoms with van der Waals surface area (Å²) < 4.78 is 43.2. The van der Waals surface area contributed by atoms with E-state index in [1.165, 1.54) is 12.1 Å². The molecule has 0 unspecified atom stereocenters. The smallest absolute Gasteiger partial charge is 0.409 e. The van der Waals surface area contributed by atoms with E-state index in [2.05, 4.69) is 5.32 Å². The molecule has 0 radical (unpaired) electrons. The highest BCUT2D eigenvalue weighted by molar-refractivity contribution is 5.68. The Kier molecular flexibility index (Phi) is 6.24. The molecule has 2 rings (SSSR count). The molecule has 0 aliphatic carbocycles. The van der Waals surface area contributed by atoms with E-state index >= 15 is 0 Å². The maximum Gasteiger partial charge on any atom is 0.409 e. The lowest BCUT2D eigenvalue weighted by molar-refractivity contribution is -0.102. The van der Waals surface area contributed by atoms with Crippen LogP contribution in [0.2, 0.25) is 0 Å². The van der Waals surface area contributed by atoms with Crippen molar-refractivity contribution in [1.82, 2.24) is 5.32 Å². The van der Waals surface area contributed by atoms with Gasteiger partial charge in [0.2, 0.25) is 0 Å². The van der Waals surface area contributed by atoms with E-state index < -0.39 is 29.1 Å². The molecule has 26 heavy (non-hydrogen) atoms. The molecule has 1 aliphatic rings. The maximum atomic E-state index is 13.3. The van der Waals surface area contributed by atoms with Crippen LogP contribution in [-0.4, -0.2) is 36.2 Å². The molecule has 5 nitrogen and oxygen atoms in total. The molecule has 146 valence electrons. The van der Waals surface area contributed by atoms with Crippen molar-refractivity contribution in [2.75, 3.05) is 6.61 Å². The standard InChI is InChI=1S/C19H27F2NO4/c1-18(2,3)26-17(23)22-19(4,5)25-15(16-11-24-16)7-6-12-8-13(20)10-14(21)9-12/h8-10,15-16H,6-7,11H2,1-5H3,(H,22,23)/t15-,16+/m1/s1. The molecule has 7 heteroatoms. The van der Waals surface area contributed by atoms with Crippen LogP contribution >= 0.6 is 0 Å². The normalized spacial score (nSPS) is 18.3. The van der Waals surface area contributed by atoms with Crippen molar-refractivity contribution in [1.29, 1.82) is 0 Å². The van der Waals surface area contributed by atoms with Crippen LogP contribution in [-0.2, 0) is 20.6 Å². The Morgan fingerprint density at radius 3 is 2.31 bits per heavy atom. The number of halogens is 2. The molecule has 0 bridgehead atoms. The van der Waals surface area contributed by atoms with Gasteiger partial charge < -0.3 is 14.2 Å². The van der Waals surface area contributed by atoms with Crippen LogP contribution in [0.4, 0.5) is 13.6 Å². The fourth-order valence-corrected chi connectivity index (χ4v) is 2.61. The topological polar surface area (TPSA) is 60.1 Å². The summed E-state index contributed by atoms with van der Waals surface area (Å²) in [5.74, 6) is -1.21. The predicted octanol–water partition coefficient (Wildman–Crippen LogP) is 3.94. The first-order chi connectivity index (χ1) is 11.9. The highest BCUT2D eigenvalue weighted by atomic mass is 19.1. The second-order valence-corrected chi connectivity index (χ2v) is 7.98. The zero-order valence-corrected chi connectivity index (χ0v) is 15.9. The predicted molar refractivity (Wildman–Crippen MR) is 92.7 cm³/mol. The Hall–Kier alpha value is -1.73. The first-order valence-corrected chi connectivity index (χ1v) is 8.69. The van der Waals surface area contributed by atoms with Gasteiger partial charge in [0.25, 0.3) is 0 Å². The van der Waals surface area contributed by atoms with Crippen LogP contribution in [0, 0.1) is 11.6 Å². The highest BCUT2D eigenvalue weighted by Gasteiger charge is 2.38. The summed E-state index contributed by atoms with van der Waals surface area (Å²) in [6, 6.07) is 3.45. The molecule has 1 aromatic rings. The third kappa shape index (κ3) is 7.25. The largest absolute Gasteiger partial charge is 0.444 e. The van der Waals surface area contributed by atoms with E-state index in [1.807, 2.05) is 0 Å². The molecule has 0 aromatic heterocycles. The summed E-state index contributed by atoms with van der Waals surface area (Å²) in [6.07, 6.45) is -0.0427. The Labute approximate surface area is 153 Å². The summed E-state index contributed by atoms with van der Waals surface area (Å²) in [7, 11) is 0. The number of ether oxygens (including phenoxy) is 3. The van der Waals surface area contributed by atoms with Gasteiger partial charge in [0.05, 0.1) is 12.7 Å². The molecule has 1 saturated heterocycles. The van der Waals surface area contributed by atoms with E-state index in [1.54, 1.807) is 34.6 Å². The van der Waals surface area contributed by atoms with Crippen molar-refractivity contribution in [2.45, 2.75) is 71.0 Å². The molecule has 0 saturated carbocycles. The van der Waals surface area contributed by atoms with Gasteiger partial charge in [0.15, 0.2) is 0 Å². The van der Waals surface area contributed by atoms with Gasteiger partial charge in [-0.2, -0.15) is 0 Å². The first kappa shape index (κ1) is 20.6. The Morgan fingerprint density at radius 2 is 1.81 bits per heavy atom. The number of amides is 1. The number of carbonyl (C=O) groups is 1. The molecule has 1 amide bonds. The Balaban J connectivity index is 1.93. The molecular formula is C19H27F2NO4. The number of nitrogens with one attached hydrogen (secondary N) is 1. The zero-order valence-electron chi connectivity index (χ0n) is 15.9. The molecule has 1 aliphatic heterocycles. The third-order valence-corrected chi connectivity index (χ3v) is 3.66. The minimum Gasteiger partial charge on any atom is -0.444 e. The summed E-state index contributed by atoms with van der Waals surface area (Å²) in [4.78, 5) is 12.0. The number of rotatable bonds is 7. The minimum absolute atomic E-state index is 0.0897. The van der Waals surface area contributed by atoms with E-state index in [4.69, 9.17) is 14.2 Å². The number of aryl methyl sites for hydroxylation is 1. The van der Waals surface area contributed by atoms with Crippen molar-refractivity contribution < 1.29 is 27.8 Å². The third-order valence-electron chi connectivity index (χ3n) is 3.66. The summed E-state index contributed by atoms with van der Waals surface area (Å²) in [5.41, 5.74) is -1.04. The Morgan fingerprint density at radius 1 is 1.23 bits per heavy atom. The molecule has 2 atom stereocenters. The summed E-state index contributed by atoms with van der Waals surface area (Å²) in [6.45, 7) is 9.32. The molecule has 1 fully saturated rings. The number of epoxide rings is 1. The van der Waals surface area contributed by atoms with E-state index in [-0.39, 0.29) is 12.2 Å². The van der Waals surface area contributed by atoms with Gasteiger partial charge in [-0.25, -0.2) is 13.6 Å². The van der Waals surface area contributed by atoms with Gasteiger partial charge in [-0.15, -0.1) is 0 Å². The quantitative estimate of drug-likeness (QED) is 0.583. The highest BCUT2D eigenvalue weighted by Crippen LogP contribution is 2.26. The SMILES string of the molecule is CC(C)(C)OC(=O)NC(C)(C)O[C@H](CCc1cc(F)cc(F)c1)[C@@H]1CO1. The molecule has 1 aromatic carbocycles. The van der Waals surface area contributed by atoms with Crippen LogP contribution in [0.15, 0.2) is 18.2 Å². The van der Waals surface area contributed by atoms with Crippen LogP contribution in [0.1, 0.15) is 46.6 Å². The number of carbonyl (C=O) groups excluding carboxylic acids is 1.